The Morgan fingerprint density at radius 2 is 2.19 bits per heavy atom. The number of carbonyl (C=O) groups is 1. The van der Waals surface area contributed by atoms with Crippen molar-refractivity contribution in [2.45, 2.75) is 25.8 Å². The van der Waals surface area contributed by atoms with Crippen molar-refractivity contribution in [2.24, 2.45) is 0 Å². The van der Waals surface area contributed by atoms with E-state index in [9.17, 15) is 13.2 Å². The van der Waals surface area contributed by atoms with Crippen LogP contribution in [0.5, 0.6) is 0 Å². The zero-order valence-electron chi connectivity index (χ0n) is 9.05. The van der Waals surface area contributed by atoms with E-state index in [0.717, 1.165) is 17.1 Å². The van der Waals surface area contributed by atoms with Crippen LogP contribution in [0, 0.1) is 11.3 Å². The molecular formula is C9H14N2O4S. The van der Waals surface area contributed by atoms with Crippen molar-refractivity contribution in [1.29, 1.82) is 5.26 Å². The molecule has 1 aliphatic rings. The van der Waals surface area contributed by atoms with Crippen LogP contribution in [0.3, 0.4) is 0 Å². The first kappa shape index (κ1) is 12.9. The zero-order chi connectivity index (χ0) is 12.2. The summed E-state index contributed by atoms with van der Waals surface area (Å²) < 4.78 is 29.1. The van der Waals surface area contributed by atoms with Crippen molar-refractivity contribution in [3.05, 3.63) is 0 Å². The lowest BCUT2D eigenvalue weighted by Crippen LogP contribution is -2.39. The molecule has 0 aromatic heterocycles. The largest absolute Gasteiger partial charge is 0.465 e. The van der Waals surface area contributed by atoms with Crippen molar-refractivity contribution >= 4 is 16.0 Å². The highest BCUT2D eigenvalue weighted by Crippen LogP contribution is 2.29. The van der Waals surface area contributed by atoms with Gasteiger partial charge in [0.05, 0.1) is 12.7 Å². The van der Waals surface area contributed by atoms with E-state index >= 15 is 0 Å². The molecule has 0 atom stereocenters. The summed E-state index contributed by atoms with van der Waals surface area (Å²) in [5.41, 5.74) is 0. The Bertz CT molecular complexity index is 394. The number of hydrogen-bond donors (Lipinski definition) is 0. The van der Waals surface area contributed by atoms with Gasteiger partial charge in [0.15, 0.2) is 5.75 Å². The molecule has 0 radical (unpaired) electrons. The molecule has 1 aliphatic carbocycles. The van der Waals surface area contributed by atoms with Gasteiger partial charge in [-0.25, -0.2) is 8.42 Å². The van der Waals surface area contributed by atoms with Gasteiger partial charge >= 0.3 is 5.97 Å². The molecule has 1 fully saturated rings. The van der Waals surface area contributed by atoms with Crippen LogP contribution in [-0.2, 0) is 19.6 Å². The molecule has 7 heteroatoms. The highest BCUT2D eigenvalue weighted by Gasteiger charge is 2.38. The number of carbonyl (C=O) groups excluding carboxylic acids is 1. The smallest absolute Gasteiger partial charge is 0.321 e. The van der Waals surface area contributed by atoms with Crippen LogP contribution in [0.4, 0.5) is 0 Å². The fourth-order valence-electron chi connectivity index (χ4n) is 1.32. The average Bonchev–Trinajstić information content (AvgIpc) is 2.97. The molecule has 0 N–H and O–H groups in total. The third-order valence-electron chi connectivity index (χ3n) is 2.15. The van der Waals surface area contributed by atoms with Crippen LogP contribution in [0.25, 0.3) is 0 Å². The minimum absolute atomic E-state index is 0.136. The maximum absolute atomic E-state index is 11.6. The van der Waals surface area contributed by atoms with Gasteiger partial charge in [0.1, 0.15) is 6.54 Å². The first-order valence-corrected chi connectivity index (χ1v) is 6.64. The van der Waals surface area contributed by atoms with Gasteiger partial charge in [-0.3, -0.25) is 4.79 Å². The summed E-state index contributed by atoms with van der Waals surface area (Å²) in [6.07, 6.45) is 1.48. The molecule has 0 saturated heterocycles. The second-order valence-corrected chi connectivity index (χ2v) is 5.42. The molecule has 16 heavy (non-hydrogen) atoms. The monoisotopic (exact) mass is 246 g/mol. The Kier molecular flexibility index (Phi) is 4.26. The van der Waals surface area contributed by atoms with Crippen LogP contribution >= 0.6 is 0 Å². The van der Waals surface area contributed by atoms with E-state index in [1.165, 1.54) is 0 Å². The SMILES string of the molecule is CCOC(=O)CN(C1CC1)S(=O)(=O)CC#N. The van der Waals surface area contributed by atoms with Crippen LogP contribution in [-0.4, -0.2) is 43.6 Å². The molecular weight excluding hydrogens is 232 g/mol. The van der Waals surface area contributed by atoms with Gasteiger partial charge in [0.25, 0.3) is 0 Å². The number of nitrogens with zero attached hydrogens (tertiary/aromatic N) is 2. The molecule has 0 aromatic rings. The molecule has 6 nitrogen and oxygen atoms in total. The van der Waals surface area contributed by atoms with Gasteiger partial charge in [0.2, 0.25) is 10.0 Å². The van der Waals surface area contributed by atoms with Crippen molar-refractivity contribution in [1.82, 2.24) is 4.31 Å². The highest BCUT2D eigenvalue weighted by molar-refractivity contribution is 7.89. The summed E-state index contributed by atoms with van der Waals surface area (Å²) in [5.74, 6) is -1.17. The minimum atomic E-state index is -3.65. The van der Waals surface area contributed by atoms with E-state index in [-0.39, 0.29) is 19.2 Å². The number of nitriles is 1. The van der Waals surface area contributed by atoms with E-state index in [1.54, 1.807) is 13.0 Å². The normalized spacial score (nSPS) is 15.8. The minimum Gasteiger partial charge on any atom is -0.465 e. The lowest BCUT2D eigenvalue weighted by Gasteiger charge is -2.18. The summed E-state index contributed by atoms with van der Waals surface area (Å²) in [5, 5.41) is 8.42. The Balaban J connectivity index is 2.69. The lowest BCUT2D eigenvalue weighted by atomic mass is 10.6. The van der Waals surface area contributed by atoms with Crippen molar-refractivity contribution in [3.63, 3.8) is 0 Å². The molecule has 0 spiro atoms. The maximum atomic E-state index is 11.6. The summed E-state index contributed by atoms with van der Waals surface area (Å²) in [7, 11) is -3.65. The molecule has 0 amide bonds. The number of esters is 1. The van der Waals surface area contributed by atoms with Crippen LogP contribution in [0.2, 0.25) is 0 Å². The third kappa shape index (κ3) is 3.47. The second kappa shape index (κ2) is 5.27. The molecule has 0 unspecified atom stereocenters. The summed E-state index contributed by atoms with van der Waals surface area (Å²) in [6.45, 7) is 1.58. The van der Waals surface area contributed by atoms with Gasteiger partial charge in [-0.05, 0) is 19.8 Å². The molecule has 0 aliphatic heterocycles. The van der Waals surface area contributed by atoms with Crippen molar-refractivity contribution in [2.75, 3.05) is 18.9 Å². The number of sulfonamides is 1. The number of rotatable bonds is 6. The second-order valence-electron chi connectivity index (χ2n) is 3.50. The number of ether oxygens (including phenoxy) is 1. The third-order valence-corrected chi connectivity index (χ3v) is 3.78. The first-order valence-electron chi connectivity index (χ1n) is 5.03. The summed E-state index contributed by atoms with van der Waals surface area (Å²) in [6, 6.07) is 1.46. The van der Waals surface area contributed by atoms with Crippen molar-refractivity contribution in [3.8, 4) is 6.07 Å². The lowest BCUT2D eigenvalue weighted by molar-refractivity contribution is -0.143. The predicted molar refractivity (Wildman–Crippen MR) is 55.8 cm³/mol. The Labute approximate surface area is 94.8 Å². The number of hydrogen-bond acceptors (Lipinski definition) is 5. The molecule has 0 aromatic carbocycles. The van der Waals surface area contributed by atoms with Gasteiger partial charge in [0, 0.05) is 6.04 Å². The van der Waals surface area contributed by atoms with E-state index in [2.05, 4.69) is 0 Å². The maximum Gasteiger partial charge on any atom is 0.321 e. The molecule has 0 heterocycles. The predicted octanol–water partition coefficient (Wildman–Crippen LogP) is -0.133. The highest BCUT2D eigenvalue weighted by atomic mass is 32.2. The van der Waals surface area contributed by atoms with Crippen LogP contribution < -0.4 is 0 Å². The van der Waals surface area contributed by atoms with Gasteiger partial charge in [-0.1, -0.05) is 0 Å². The molecule has 0 bridgehead atoms. The van der Waals surface area contributed by atoms with Gasteiger partial charge in [-0.2, -0.15) is 9.57 Å². The van der Waals surface area contributed by atoms with Crippen molar-refractivity contribution < 1.29 is 17.9 Å². The molecule has 90 valence electrons. The first-order chi connectivity index (χ1) is 7.51. The fourth-order valence-corrected chi connectivity index (χ4v) is 2.61. The Hall–Kier alpha value is -1.13. The quantitative estimate of drug-likeness (QED) is 0.609. The van der Waals surface area contributed by atoms with E-state index in [0.29, 0.717) is 0 Å². The summed E-state index contributed by atoms with van der Waals surface area (Å²) >= 11 is 0. The zero-order valence-corrected chi connectivity index (χ0v) is 9.87. The van der Waals surface area contributed by atoms with E-state index in [1.807, 2.05) is 0 Å². The standard InChI is InChI=1S/C9H14N2O4S/c1-2-15-9(12)7-11(8-3-4-8)16(13,14)6-5-10/h8H,2-4,6-7H2,1H3. The Morgan fingerprint density at radius 1 is 1.56 bits per heavy atom. The fraction of sp³-hybridized carbons (Fsp3) is 0.778. The Morgan fingerprint density at radius 3 is 2.62 bits per heavy atom. The van der Waals surface area contributed by atoms with Gasteiger partial charge in [-0.15, -0.1) is 0 Å². The average molecular weight is 246 g/mol. The van der Waals surface area contributed by atoms with E-state index < -0.39 is 21.7 Å². The van der Waals surface area contributed by atoms with Crippen LogP contribution in [0.1, 0.15) is 19.8 Å². The van der Waals surface area contributed by atoms with E-state index in [4.69, 9.17) is 10.00 Å². The van der Waals surface area contributed by atoms with Gasteiger partial charge < -0.3 is 4.74 Å². The molecule has 1 saturated carbocycles. The summed E-state index contributed by atoms with van der Waals surface area (Å²) in [4.78, 5) is 11.2. The topological polar surface area (TPSA) is 87.5 Å². The van der Waals surface area contributed by atoms with Crippen LogP contribution in [0.15, 0.2) is 0 Å². The molecule has 1 rings (SSSR count).